The fourth-order valence-electron chi connectivity index (χ4n) is 4.35. The highest BCUT2D eigenvalue weighted by Crippen LogP contribution is 2.38. The summed E-state index contributed by atoms with van der Waals surface area (Å²) in [5.74, 6) is -0.555. The minimum absolute atomic E-state index is 0.248. The fourth-order valence-corrected chi connectivity index (χ4v) is 4.35. The van der Waals surface area contributed by atoms with Crippen molar-refractivity contribution in [1.29, 1.82) is 5.26 Å². The Morgan fingerprint density at radius 1 is 1.14 bits per heavy atom. The number of nitriles is 1. The topological polar surface area (TPSA) is 131 Å². The zero-order valence-electron chi connectivity index (χ0n) is 20.9. The number of aromatic nitrogens is 3. The molecule has 2 N–H and O–H groups in total. The molecule has 2 aromatic heterocycles. The number of pyridine rings is 1. The lowest BCUT2D eigenvalue weighted by molar-refractivity contribution is -0.117. The first-order chi connectivity index (χ1) is 17.6. The molecule has 1 aliphatic rings. The van der Waals surface area contributed by atoms with Crippen molar-refractivity contribution in [2.45, 2.75) is 32.8 Å². The van der Waals surface area contributed by atoms with E-state index in [0.717, 1.165) is 5.52 Å². The maximum atomic E-state index is 13.2. The molecule has 0 bridgehead atoms. The summed E-state index contributed by atoms with van der Waals surface area (Å²) >= 11 is 0. The number of hydrogen-bond donors (Lipinski definition) is 2. The summed E-state index contributed by atoms with van der Waals surface area (Å²) < 4.78 is 8.56. The van der Waals surface area contributed by atoms with E-state index < -0.39 is 11.7 Å². The summed E-state index contributed by atoms with van der Waals surface area (Å²) in [5.41, 5.74) is 1.44. The Bertz CT molecular complexity index is 1670. The van der Waals surface area contributed by atoms with Gasteiger partial charge in [-0.1, -0.05) is 12.1 Å². The molecule has 2 amide bonds. The van der Waals surface area contributed by atoms with Crippen LogP contribution in [0.15, 0.2) is 53.5 Å². The van der Waals surface area contributed by atoms with Gasteiger partial charge in [0.15, 0.2) is 0 Å². The number of carbonyl (C=O) groups is 2. The van der Waals surface area contributed by atoms with Crippen LogP contribution in [0, 0.1) is 23.2 Å². The number of para-hydroxylation sites is 2. The summed E-state index contributed by atoms with van der Waals surface area (Å²) in [6.45, 7) is 5.30. The lowest BCUT2D eigenvalue weighted by Crippen LogP contribution is -2.27. The van der Waals surface area contributed by atoms with Crippen LogP contribution in [-0.2, 0) is 16.6 Å². The quantitative estimate of drug-likeness (QED) is 0.431. The number of rotatable bonds is 4. The first-order valence-electron chi connectivity index (χ1n) is 11.9. The van der Waals surface area contributed by atoms with E-state index in [9.17, 15) is 14.4 Å². The van der Waals surface area contributed by atoms with Crippen LogP contribution in [0.4, 0.5) is 16.3 Å². The number of nitrogens with one attached hydrogen (secondary N) is 2. The Labute approximate surface area is 212 Å². The van der Waals surface area contributed by atoms with Crippen LogP contribution < -0.4 is 16.3 Å². The predicted octanol–water partition coefficient (Wildman–Crippen LogP) is 4.32. The van der Waals surface area contributed by atoms with Gasteiger partial charge in [-0.25, -0.2) is 14.6 Å². The van der Waals surface area contributed by atoms with Crippen LogP contribution in [0.3, 0.4) is 0 Å². The number of imidazole rings is 1. The summed E-state index contributed by atoms with van der Waals surface area (Å²) in [6.07, 6.45) is 1.43. The van der Waals surface area contributed by atoms with Gasteiger partial charge >= 0.3 is 11.8 Å². The second kappa shape index (κ2) is 8.78. The Kier molecular flexibility index (Phi) is 5.71. The maximum absolute atomic E-state index is 13.2. The first-order valence-corrected chi connectivity index (χ1v) is 11.9. The highest BCUT2D eigenvalue weighted by molar-refractivity contribution is 6.03. The summed E-state index contributed by atoms with van der Waals surface area (Å²) in [5, 5.41) is 15.8. The summed E-state index contributed by atoms with van der Waals surface area (Å²) in [4.78, 5) is 42.7. The molecule has 0 radical (unpaired) electrons. The third-order valence-corrected chi connectivity index (χ3v) is 6.22. The molecule has 10 heteroatoms. The molecule has 188 valence electrons. The molecule has 0 unspecified atom stereocenters. The standard InChI is InChI=1S/C27H26N6O4/c1-27(2,3)37-25(35)30-20-12-17(33-22-8-6-5-7-21(22)32(4)26(33)36)9-15-11-23(29-14-19(15)20)31-24(34)18-10-16(18)13-28/h5-9,11-12,14,16,18H,10H2,1-4H3,(H,30,35)(H,29,31,34)/t16-,18+/m1/s1. The Hall–Kier alpha value is -4.65. The third-order valence-electron chi connectivity index (χ3n) is 6.22. The number of ether oxygens (including phenoxy) is 1. The van der Waals surface area contributed by atoms with Crippen molar-refractivity contribution in [2.24, 2.45) is 18.9 Å². The van der Waals surface area contributed by atoms with Gasteiger partial charge in [0.1, 0.15) is 11.4 Å². The SMILES string of the molecule is Cn1c(=O)n(-c2cc(NC(=O)OC(C)(C)C)c3cnc(NC(=O)[C@H]4C[C@@H]4C#N)cc3c2)c2ccccc21. The highest BCUT2D eigenvalue weighted by Gasteiger charge is 2.43. The number of carbonyl (C=O) groups excluding carboxylic acids is 2. The number of fused-ring (bicyclic) bond motifs is 2. The molecule has 1 aliphatic carbocycles. The molecule has 2 heterocycles. The second-order valence-corrected chi connectivity index (χ2v) is 10.1. The summed E-state index contributed by atoms with van der Waals surface area (Å²) in [6, 6.07) is 14.7. The number of hydrogen-bond acceptors (Lipinski definition) is 6. The molecule has 4 aromatic rings. The molecular weight excluding hydrogens is 472 g/mol. The molecule has 2 atom stereocenters. The van der Waals surface area contributed by atoms with Crippen molar-refractivity contribution in [1.82, 2.24) is 14.1 Å². The highest BCUT2D eigenvalue weighted by atomic mass is 16.6. The molecular formula is C27H26N6O4. The minimum atomic E-state index is -0.704. The van der Waals surface area contributed by atoms with Gasteiger partial charge in [0.25, 0.3) is 0 Å². The number of amides is 2. The second-order valence-electron chi connectivity index (χ2n) is 10.1. The van der Waals surface area contributed by atoms with Crippen molar-refractivity contribution in [3.8, 4) is 11.8 Å². The normalized spacial score (nSPS) is 16.8. The van der Waals surface area contributed by atoms with Crippen LogP contribution in [0.1, 0.15) is 27.2 Å². The van der Waals surface area contributed by atoms with Crippen molar-refractivity contribution in [3.05, 3.63) is 59.1 Å². The average Bonchev–Trinajstić information content (AvgIpc) is 3.58. The molecule has 0 spiro atoms. The van der Waals surface area contributed by atoms with Gasteiger partial charge in [-0.05, 0) is 62.9 Å². The Balaban J connectivity index is 1.62. The lowest BCUT2D eigenvalue weighted by atomic mass is 10.1. The van der Waals surface area contributed by atoms with E-state index in [1.54, 1.807) is 61.3 Å². The molecule has 2 aromatic carbocycles. The van der Waals surface area contributed by atoms with Gasteiger partial charge in [-0.3, -0.25) is 19.2 Å². The first kappa shape index (κ1) is 24.1. The molecule has 37 heavy (non-hydrogen) atoms. The monoisotopic (exact) mass is 498 g/mol. The number of anilines is 2. The van der Waals surface area contributed by atoms with E-state index in [1.807, 2.05) is 24.3 Å². The van der Waals surface area contributed by atoms with Crippen LogP contribution in [0.25, 0.3) is 27.5 Å². The van der Waals surface area contributed by atoms with E-state index in [0.29, 0.717) is 39.9 Å². The largest absolute Gasteiger partial charge is 0.444 e. The zero-order chi connectivity index (χ0) is 26.5. The third kappa shape index (κ3) is 4.63. The minimum Gasteiger partial charge on any atom is -0.444 e. The molecule has 1 fully saturated rings. The number of aryl methyl sites for hydroxylation is 1. The number of benzene rings is 2. The molecule has 10 nitrogen and oxygen atoms in total. The van der Waals surface area contributed by atoms with Crippen LogP contribution >= 0.6 is 0 Å². The van der Waals surface area contributed by atoms with E-state index in [-0.39, 0.29) is 23.4 Å². The van der Waals surface area contributed by atoms with Gasteiger partial charge in [0.05, 0.1) is 40.3 Å². The van der Waals surface area contributed by atoms with Gasteiger partial charge in [-0.15, -0.1) is 0 Å². The molecule has 0 aliphatic heterocycles. The molecule has 5 rings (SSSR count). The van der Waals surface area contributed by atoms with Gasteiger partial charge < -0.3 is 10.1 Å². The van der Waals surface area contributed by atoms with Crippen LogP contribution in [-0.4, -0.2) is 31.7 Å². The van der Waals surface area contributed by atoms with Crippen molar-refractivity contribution in [2.75, 3.05) is 10.6 Å². The Morgan fingerprint density at radius 2 is 1.86 bits per heavy atom. The smallest absolute Gasteiger partial charge is 0.412 e. The lowest BCUT2D eigenvalue weighted by Gasteiger charge is -2.20. The van der Waals surface area contributed by atoms with Gasteiger partial charge in [0.2, 0.25) is 5.91 Å². The van der Waals surface area contributed by atoms with E-state index >= 15 is 0 Å². The molecule has 1 saturated carbocycles. The van der Waals surface area contributed by atoms with Crippen molar-refractivity contribution < 1.29 is 14.3 Å². The maximum Gasteiger partial charge on any atom is 0.412 e. The average molecular weight is 499 g/mol. The Morgan fingerprint density at radius 3 is 2.54 bits per heavy atom. The predicted molar refractivity (Wildman–Crippen MR) is 140 cm³/mol. The fraction of sp³-hybridized carbons (Fsp3) is 0.296. The zero-order valence-corrected chi connectivity index (χ0v) is 20.9. The van der Waals surface area contributed by atoms with Crippen LogP contribution in [0.2, 0.25) is 0 Å². The molecule has 0 saturated heterocycles. The van der Waals surface area contributed by atoms with Crippen molar-refractivity contribution >= 4 is 45.3 Å². The number of nitrogens with zero attached hydrogens (tertiary/aromatic N) is 4. The van der Waals surface area contributed by atoms with E-state index in [1.165, 1.54) is 0 Å². The van der Waals surface area contributed by atoms with Crippen LogP contribution in [0.5, 0.6) is 0 Å². The van der Waals surface area contributed by atoms with E-state index in [2.05, 4.69) is 21.7 Å². The van der Waals surface area contributed by atoms with Crippen molar-refractivity contribution in [3.63, 3.8) is 0 Å². The van der Waals surface area contributed by atoms with Gasteiger partial charge in [0, 0.05) is 18.6 Å². The summed E-state index contributed by atoms with van der Waals surface area (Å²) in [7, 11) is 1.70. The van der Waals surface area contributed by atoms with E-state index in [4.69, 9.17) is 10.00 Å². The van der Waals surface area contributed by atoms with Gasteiger partial charge in [-0.2, -0.15) is 5.26 Å².